The molecule has 20 heteroatoms. The topological polar surface area (TPSA) is 286 Å². The van der Waals surface area contributed by atoms with Crippen LogP contribution in [0.5, 0.6) is 12.0 Å². The fraction of sp³-hybridized carbons (Fsp3) is 0.0909. The van der Waals surface area contributed by atoms with Gasteiger partial charge in [0.2, 0.25) is 23.8 Å². The van der Waals surface area contributed by atoms with Crippen molar-refractivity contribution >= 4 is 67.6 Å². The molecular weight excluding hydrogens is 596 g/mol. The van der Waals surface area contributed by atoms with E-state index in [-0.39, 0.29) is 58.3 Å². The third-order valence-electron chi connectivity index (χ3n) is 5.15. The standard InChI is InChI=1S/C22H22N10O8S2/c1-39-21-29-17(23)27-19(31-21)25-13-7-5-11(15(9-13)41(33,34)35)3-4-12-6-8-14(10-16(12)42(36,37)38)26-20-28-18(24)30-22(32-20)40-2/h3-10H,1-2H3,(H,33,34,35)(H,36,37,38)(H3,23,25,27,29,31)(H3,24,26,28,30,32)/p-2/b4-3+. The molecule has 0 bridgehead atoms. The highest BCUT2D eigenvalue weighted by atomic mass is 32.2. The molecule has 42 heavy (non-hydrogen) atoms. The van der Waals surface area contributed by atoms with Crippen LogP contribution in [-0.2, 0) is 20.2 Å². The molecule has 2 aromatic carbocycles. The second-order valence-electron chi connectivity index (χ2n) is 8.00. The van der Waals surface area contributed by atoms with Crippen LogP contribution in [0.2, 0.25) is 0 Å². The lowest BCUT2D eigenvalue weighted by Gasteiger charge is -2.15. The van der Waals surface area contributed by atoms with E-state index in [4.69, 9.17) is 20.9 Å². The van der Waals surface area contributed by atoms with E-state index in [1.165, 1.54) is 38.5 Å². The van der Waals surface area contributed by atoms with E-state index in [1.54, 1.807) is 0 Å². The maximum Gasteiger partial charge on any atom is 0.322 e. The fourth-order valence-corrected chi connectivity index (χ4v) is 4.80. The highest BCUT2D eigenvalue weighted by Crippen LogP contribution is 2.28. The number of methoxy groups -OCH3 is 2. The van der Waals surface area contributed by atoms with Crippen LogP contribution in [0.3, 0.4) is 0 Å². The Hall–Kier alpha value is -5.18. The van der Waals surface area contributed by atoms with Crippen molar-refractivity contribution in [2.45, 2.75) is 9.79 Å². The van der Waals surface area contributed by atoms with Gasteiger partial charge < -0.3 is 40.7 Å². The number of ether oxygens (including phenoxy) is 2. The molecule has 0 saturated heterocycles. The minimum Gasteiger partial charge on any atom is -0.744 e. The molecular formula is C22H20N10O8S2-2. The number of nitrogens with two attached hydrogens (primary N) is 2. The minimum atomic E-state index is -5.04. The van der Waals surface area contributed by atoms with Gasteiger partial charge in [-0.1, -0.05) is 24.3 Å². The van der Waals surface area contributed by atoms with Gasteiger partial charge in [0.25, 0.3) is 0 Å². The Morgan fingerprint density at radius 1 is 0.667 bits per heavy atom. The zero-order valence-electron chi connectivity index (χ0n) is 21.5. The SMILES string of the molecule is COc1nc(N)nc(Nc2ccc(/C=C/c3ccc(Nc4nc(N)nc(OC)n4)cc3S(=O)(=O)[O-])c(S(=O)(=O)[O-])c2)n1. The number of rotatable bonds is 10. The number of aromatic nitrogens is 6. The molecule has 18 nitrogen and oxygen atoms in total. The number of nitrogens with one attached hydrogen (secondary N) is 2. The molecule has 0 unspecified atom stereocenters. The molecule has 6 N–H and O–H groups in total. The van der Waals surface area contributed by atoms with Crippen molar-refractivity contribution in [3.05, 3.63) is 47.5 Å². The number of hydrogen-bond donors (Lipinski definition) is 4. The van der Waals surface area contributed by atoms with Gasteiger partial charge in [0.15, 0.2) is 0 Å². The summed E-state index contributed by atoms with van der Waals surface area (Å²) in [6.45, 7) is 0. The smallest absolute Gasteiger partial charge is 0.322 e. The lowest BCUT2D eigenvalue weighted by atomic mass is 10.1. The average Bonchev–Trinajstić information content (AvgIpc) is 2.91. The number of hydrogen-bond acceptors (Lipinski definition) is 18. The Kier molecular flexibility index (Phi) is 8.33. The van der Waals surface area contributed by atoms with Gasteiger partial charge in [0.1, 0.15) is 20.2 Å². The third-order valence-corrected chi connectivity index (χ3v) is 6.93. The van der Waals surface area contributed by atoms with Crippen LogP contribution in [0.1, 0.15) is 11.1 Å². The highest BCUT2D eigenvalue weighted by molar-refractivity contribution is 7.86. The molecule has 0 aliphatic carbocycles. The van der Waals surface area contributed by atoms with Crippen LogP contribution in [0.4, 0.5) is 35.2 Å². The molecule has 220 valence electrons. The van der Waals surface area contributed by atoms with Gasteiger partial charge >= 0.3 is 12.0 Å². The summed E-state index contributed by atoms with van der Waals surface area (Å²) in [6, 6.07) is 7.15. The van der Waals surface area contributed by atoms with Crippen LogP contribution in [0.25, 0.3) is 12.2 Å². The van der Waals surface area contributed by atoms with E-state index < -0.39 is 30.0 Å². The summed E-state index contributed by atoms with van der Waals surface area (Å²) in [7, 11) is -7.46. The largest absolute Gasteiger partial charge is 0.744 e. The molecule has 0 radical (unpaired) electrons. The Bertz CT molecular complexity index is 1770. The Morgan fingerprint density at radius 3 is 1.38 bits per heavy atom. The van der Waals surface area contributed by atoms with Gasteiger partial charge in [-0.15, -0.1) is 0 Å². The predicted octanol–water partition coefficient (Wildman–Crippen LogP) is 0.704. The first-order valence-electron chi connectivity index (χ1n) is 11.3. The summed E-state index contributed by atoms with van der Waals surface area (Å²) in [5.74, 6) is -0.533. The molecule has 0 aliphatic heterocycles. The molecule has 2 heterocycles. The van der Waals surface area contributed by atoms with Crippen molar-refractivity contribution in [1.29, 1.82) is 0 Å². The van der Waals surface area contributed by atoms with E-state index in [0.717, 1.165) is 24.3 Å². The highest BCUT2D eigenvalue weighted by Gasteiger charge is 2.14. The molecule has 4 rings (SSSR count). The van der Waals surface area contributed by atoms with E-state index in [1.807, 2.05) is 0 Å². The zero-order valence-corrected chi connectivity index (χ0v) is 23.2. The molecule has 4 aromatic rings. The fourth-order valence-electron chi connectivity index (χ4n) is 3.41. The summed E-state index contributed by atoms with van der Waals surface area (Å²) >= 11 is 0. The van der Waals surface area contributed by atoms with E-state index >= 15 is 0 Å². The van der Waals surface area contributed by atoms with Gasteiger partial charge in [-0.2, -0.15) is 29.9 Å². The zero-order chi connectivity index (χ0) is 30.7. The second kappa shape index (κ2) is 11.7. The third kappa shape index (κ3) is 7.31. The first-order valence-corrected chi connectivity index (χ1v) is 14.1. The quantitative estimate of drug-likeness (QED) is 0.141. The molecule has 0 fully saturated rings. The van der Waals surface area contributed by atoms with Crippen LogP contribution in [0.15, 0.2) is 46.2 Å². The molecule has 2 aromatic heterocycles. The molecule has 0 spiro atoms. The molecule has 0 saturated carbocycles. The van der Waals surface area contributed by atoms with Crippen molar-refractivity contribution in [1.82, 2.24) is 29.9 Å². The maximum atomic E-state index is 12.1. The van der Waals surface area contributed by atoms with Crippen LogP contribution in [0, 0.1) is 0 Å². The summed E-state index contributed by atoms with van der Waals surface area (Å²) in [6.07, 6.45) is 2.32. The van der Waals surface area contributed by atoms with Crippen molar-refractivity contribution in [2.75, 3.05) is 36.3 Å². The summed E-state index contributed by atoms with van der Waals surface area (Å²) < 4.78 is 82.1. The van der Waals surface area contributed by atoms with Gasteiger partial charge in [-0.25, -0.2) is 16.8 Å². The van der Waals surface area contributed by atoms with Crippen molar-refractivity contribution in [2.24, 2.45) is 0 Å². The van der Waals surface area contributed by atoms with Gasteiger partial charge in [0, 0.05) is 11.4 Å². The Labute approximate surface area is 238 Å². The Balaban J connectivity index is 1.68. The van der Waals surface area contributed by atoms with Crippen molar-refractivity contribution in [3.8, 4) is 12.0 Å². The van der Waals surface area contributed by atoms with E-state index in [0.29, 0.717) is 0 Å². The van der Waals surface area contributed by atoms with Crippen LogP contribution in [-0.4, -0.2) is 70.1 Å². The summed E-state index contributed by atoms with van der Waals surface area (Å²) in [4.78, 5) is 21.7. The van der Waals surface area contributed by atoms with Gasteiger partial charge in [0.05, 0.1) is 24.0 Å². The van der Waals surface area contributed by atoms with Crippen molar-refractivity contribution in [3.63, 3.8) is 0 Å². The first-order chi connectivity index (χ1) is 19.7. The average molecular weight is 617 g/mol. The normalized spacial score (nSPS) is 11.8. The van der Waals surface area contributed by atoms with Gasteiger partial charge in [-0.05, 0) is 35.4 Å². The van der Waals surface area contributed by atoms with E-state index in [9.17, 15) is 25.9 Å². The summed E-state index contributed by atoms with van der Waals surface area (Å²) in [5, 5.41) is 5.38. The maximum absolute atomic E-state index is 12.1. The number of anilines is 6. The minimum absolute atomic E-state index is 0.0887. The Morgan fingerprint density at radius 2 is 1.05 bits per heavy atom. The lowest BCUT2D eigenvalue weighted by molar-refractivity contribution is 0.379. The van der Waals surface area contributed by atoms with Crippen LogP contribution >= 0.6 is 0 Å². The van der Waals surface area contributed by atoms with Crippen molar-refractivity contribution < 1.29 is 35.4 Å². The number of benzene rings is 2. The molecule has 0 atom stereocenters. The van der Waals surface area contributed by atoms with Crippen LogP contribution < -0.4 is 31.6 Å². The predicted molar refractivity (Wildman–Crippen MR) is 146 cm³/mol. The number of nitrogens with zero attached hydrogens (tertiary/aromatic N) is 6. The molecule has 0 amide bonds. The summed E-state index contributed by atoms with van der Waals surface area (Å²) in [5.41, 5.74) is 11.2. The first kappa shape index (κ1) is 29.8. The number of nitrogen functional groups attached to an aromatic ring is 2. The van der Waals surface area contributed by atoms with Gasteiger partial charge in [-0.3, -0.25) is 0 Å². The second-order valence-corrected chi connectivity index (χ2v) is 10.7. The monoisotopic (exact) mass is 616 g/mol. The van der Waals surface area contributed by atoms with E-state index in [2.05, 4.69) is 40.5 Å². The lowest BCUT2D eigenvalue weighted by Crippen LogP contribution is -2.07. The molecule has 0 aliphatic rings.